The van der Waals surface area contributed by atoms with Gasteiger partial charge in [0.05, 0.1) is 5.56 Å². The van der Waals surface area contributed by atoms with E-state index in [0.717, 1.165) is 17.7 Å². The van der Waals surface area contributed by atoms with Crippen LogP contribution >= 0.6 is 0 Å². The number of aryl methyl sites for hydroxylation is 1. The van der Waals surface area contributed by atoms with Gasteiger partial charge in [0.15, 0.2) is 5.78 Å². The van der Waals surface area contributed by atoms with E-state index in [-0.39, 0.29) is 11.1 Å². The van der Waals surface area contributed by atoms with Gasteiger partial charge in [-0.15, -0.1) is 0 Å². The van der Waals surface area contributed by atoms with E-state index in [1.54, 1.807) is 19.1 Å². The molecular formula is C15H12F3NO. The van der Waals surface area contributed by atoms with E-state index >= 15 is 0 Å². The number of rotatable bonds is 2. The lowest BCUT2D eigenvalue weighted by molar-refractivity contribution is -0.137. The lowest BCUT2D eigenvalue weighted by Crippen LogP contribution is -2.08. The third-order valence-electron chi connectivity index (χ3n) is 2.99. The summed E-state index contributed by atoms with van der Waals surface area (Å²) in [6.45, 7) is 1.79. The van der Waals surface area contributed by atoms with Crippen LogP contribution in [0.15, 0.2) is 42.5 Å². The predicted molar refractivity (Wildman–Crippen MR) is 70.5 cm³/mol. The highest BCUT2D eigenvalue weighted by molar-refractivity contribution is 6.09. The van der Waals surface area contributed by atoms with Gasteiger partial charge in [0.25, 0.3) is 0 Å². The van der Waals surface area contributed by atoms with Gasteiger partial charge >= 0.3 is 6.18 Å². The highest BCUT2D eigenvalue weighted by Gasteiger charge is 2.30. The quantitative estimate of drug-likeness (QED) is 0.670. The van der Waals surface area contributed by atoms with Crippen LogP contribution in [0.5, 0.6) is 0 Å². The van der Waals surface area contributed by atoms with Crippen LogP contribution in [0.4, 0.5) is 18.9 Å². The van der Waals surface area contributed by atoms with Crippen molar-refractivity contribution in [3.63, 3.8) is 0 Å². The van der Waals surface area contributed by atoms with Crippen molar-refractivity contribution in [3.05, 3.63) is 64.7 Å². The van der Waals surface area contributed by atoms with Crippen molar-refractivity contribution >= 4 is 11.5 Å². The molecule has 0 fully saturated rings. The number of hydrogen-bond acceptors (Lipinski definition) is 2. The van der Waals surface area contributed by atoms with Gasteiger partial charge in [0.1, 0.15) is 0 Å². The first-order valence-electron chi connectivity index (χ1n) is 5.87. The smallest absolute Gasteiger partial charge is 0.398 e. The number of alkyl halides is 3. The second kappa shape index (κ2) is 5.00. The van der Waals surface area contributed by atoms with Crippen LogP contribution in [0.25, 0.3) is 0 Å². The van der Waals surface area contributed by atoms with E-state index < -0.39 is 17.5 Å². The molecule has 2 rings (SSSR count). The van der Waals surface area contributed by atoms with E-state index in [0.29, 0.717) is 5.69 Å². The second-order valence-corrected chi connectivity index (χ2v) is 4.48. The van der Waals surface area contributed by atoms with Crippen molar-refractivity contribution in [1.82, 2.24) is 0 Å². The molecule has 0 amide bonds. The van der Waals surface area contributed by atoms with Crippen molar-refractivity contribution in [1.29, 1.82) is 0 Å². The monoisotopic (exact) mass is 279 g/mol. The van der Waals surface area contributed by atoms with Crippen molar-refractivity contribution < 1.29 is 18.0 Å². The zero-order chi connectivity index (χ0) is 14.9. The summed E-state index contributed by atoms with van der Waals surface area (Å²) in [5.41, 5.74) is 6.36. The number of hydrogen-bond donors (Lipinski definition) is 1. The molecule has 0 atom stereocenters. The van der Waals surface area contributed by atoms with Gasteiger partial charge in [-0.05, 0) is 30.7 Å². The Morgan fingerprint density at radius 1 is 1.05 bits per heavy atom. The van der Waals surface area contributed by atoms with Crippen LogP contribution in [0.1, 0.15) is 27.0 Å². The molecule has 2 N–H and O–H groups in total. The maximum Gasteiger partial charge on any atom is 0.416 e. The average Bonchev–Trinajstić information content (AvgIpc) is 2.40. The summed E-state index contributed by atoms with van der Waals surface area (Å²) < 4.78 is 37.9. The number of halogens is 3. The minimum atomic E-state index is -4.47. The van der Waals surface area contributed by atoms with Gasteiger partial charge in [-0.2, -0.15) is 13.2 Å². The lowest BCUT2D eigenvalue weighted by Gasteiger charge is -2.09. The van der Waals surface area contributed by atoms with E-state index in [2.05, 4.69) is 0 Å². The molecule has 5 heteroatoms. The van der Waals surface area contributed by atoms with Crippen molar-refractivity contribution in [2.75, 3.05) is 5.73 Å². The first kappa shape index (κ1) is 14.1. The molecular weight excluding hydrogens is 267 g/mol. The highest BCUT2D eigenvalue weighted by Crippen LogP contribution is 2.30. The molecule has 0 spiro atoms. The number of anilines is 1. The molecule has 0 saturated heterocycles. The Labute approximate surface area is 114 Å². The molecule has 0 radical (unpaired) electrons. The number of nitrogens with two attached hydrogens (primary N) is 1. The minimum absolute atomic E-state index is 0.0110. The molecule has 20 heavy (non-hydrogen) atoms. The van der Waals surface area contributed by atoms with Gasteiger partial charge in [-0.3, -0.25) is 4.79 Å². The fourth-order valence-electron chi connectivity index (χ4n) is 1.79. The van der Waals surface area contributed by atoms with E-state index in [1.165, 1.54) is 18.2 Å². The zero-order valence-corrected chi connectivity index (χ0v) is 10.7. The molecule has 0 saturated carbocycles. The van der Waals surface area contributed by atoms with Crippen LogP contribution in [-0.2, 0) is 6.18 Å². The first-order chi connectivity index (χ1) is 9.29. The van der Waals surface area contributed by atoms with Crippen LogP contribution in [0.2, 0.25) is 0 Å². The molecule has 2 nitrogen and oxygen atoms in total. The van der Waals surface area contributed by atoms with Crippen molar-refractivity contribution in [3.8, 4) is 0 Å². The van der Waals surface area contributed by atoms with Gasteiger partial charge in [-0.1, -0.05) is 24.3 Å². The SMILES string of the molecule is Cc1ccc(C(=O)c2cccc(C(F)(F)F)c2)cc1N. The molecule has 2 aromatic carbocycles. The number of nitrogen functional groups attached to an aromatic ring is 1. The van der Waals surface area contributed by atoms with E-state index in [9.17, 15) is 18.0 Å². The Balaban J connectivity index is 2.41. The molecule has 104 valence electrons. The third kappa shape index (κ3) is 2.82. The van der Waals surface area contributed by atoms with Crippen molar-refractivity contribution in [2.24, 2.45) is 0 Å². The summed E-state index contributed by atoms with van der Waals surface area (Å²) in [6.07, 6.45) is -4.47. The second-order valence-electron chi connectivity index (χ2n) is 4.48. The summed E-state index contributed by atoms with van der Waals surface area (Å²) >= 11 is 0. The number of ketones is 1. The largest absolute Gasteiger partial charge is 0.416 e. The van der Waals surface area contributed by atoms with Gasteiger partial charge in [-0.25, -0.2) is 0 Å². The van der Waals surface area contributed by atoms with E-state index in [1.807, 2.05) is 0 Å². The maximum atomic E-state index is 12.6. The van der Waals surface area contributed by atoms with Crippen molar-refractivity contribution in [2.45, 2.75) is 13.1 Å². The van der Waals surface area contributed by atoms with Gasteiger partial charge < -0.3 is 5.73 Å². The number of benzene rings is 2. The zero-order valence-electron chi connectivity index (χ0n) is 10.7. The average molecular weight is 279 g/mol. The molecule has 0 bridgehead atoms. The van der Waals surface area contributed by atoms with Gasteiger partial charge in [0, 0.05) is 16.8 Å². The Morgan fingerprint density at radius 2 is 1.70 bits per heavy atom. The molecule has 0 aliphatic heterocycles. The third-order valence-corrected chi connectivity index (χ3v) is 2.99. The van der Waals surface area contributed by atoms with Crippen LogP contribution in [0, 0.1) is 6.92 Å². The van der Waals surface area contributed by atoms with Crippen LogP contribution in [0.3, 0.4) is 0 Å². The summed E-state index contributed by atoms with van der Waals surface area (Å²) in [6, 6.07) is 9.03. The van der Waals surface area contributed by atoms with Crippen LogP contribution in [-0.4, -0.2) is 5.78 Å². The molecule has 0 heterocycles. The fraction of sp³-hybridized carbons (Fsp3) is 0.133. The Morgan fingerprint density at radius 3 is 2.30 bits per heavy atom. The topological polar surface area (TPSA) is 43.1 Å². The Hall–Kier alpha value is -2.30. The standard InChI is InChI=1S/C15H12F3NO/c1-9-5-6-11(8-13(9)19)14(20)10-3-2-4-12(7-10)15(16,17)18/h2-8H,19H2,1H3. The maximum absolute atomic E-state index is 12.6. The molecule has 0 aromatic heterocycles. The number of carbonyl (C=O) groups excluding carboxylic acids is 1. The molecule has 0 aliphatic carbocycles. The fourth-order valence-corrected chi connectivity index (χ4v) is 1.79. The number of carbonyl (C=O) groups is 1. The normalized spacial score (nSPS) is 11.4. The lowest BCUT2D eigenvalue weighted by atomic mass is 9.99. The predicted octanol–water partition coefficient (Wildman–Crippen LogP) is 3.83. The summed E-state index contributed by atoms with van der Waals surface area (Å²) in [5, 5.41) is 0. The summed E-state index contributed by atoms with van der Waals surface area (Å²) in [4.78, 5) is 12.2. The highest BCUT2D eigenvalue weighted by atomic mass is 19.4. The summed E-state index contributed by atoms with van der Waals surface area (Å²) in [5.74, 6) is -0.484. The van der Waals surface area contributed by atoms with Gasteiger partial charge in [0.2, 0.25) is 0 Å². The first-order valence-corrected chi connectivity index (χ1v) is 5.87. The Kier molecular flexibility index (Phi) is 3.53. The van der Waals surface area contributed by atoms with Crippen LogP contribution < -0.4 is 5.73 Å². The van der Waals surface area contributed by atoms with E-state index in [4.69, 9.17) is 5.73 Å². The Bertz CT molecular complexity index is 662. The summed E-state index contributed by atoms with van der Waals surface area (Å²) in [7, 11) is 0. The molecule has 0 unspecified atom stereocenters. The molecule has 0 aliphatic rings. The molecule has 2 aromatic rings. The minimum Gasteiger partial charge on any atom is -0.398 e.